The molecule has 2 N–H and O–H groups in total. The summed E-state index contributed by atoms with van der Waals surface area (Å²) in [5.41, 5.74) is 1.49. The quantitative estimate of drug-likeness (QED) is 0.510. The van der Waals surface area contributed by atoms with Gasteiger partial charge in [-0.1, -0.05) is 0 Å². The Labute approximate surface area is 130 Å². The molecule has 0 radical (unpaired) electrons. The number of amides is 2. The van der Waals surface area contributed by atoms with E-state index in [9.17, 15) is 9.59 Å². The largest absolute Gasteiger partial charge is 0.444 e. The number of ether oxygens (including phenoxy) is 4. The summed E-state index contributed by atoms with van der Waals surface area (Å²) in [6.07, 6.45) is -2.52. The third-order valence-electron chi connectivity index (χ3n) is 2.14. The van der Waals surface area contributed by atoms with Gasteiger partial charge in [0.15, 0.2) is 6.29 Å². The van der Waals surface area contributed by atoms with Gasteiger partial charge < -0.3 is 24.3 Å². The van der Waals surface area contributed by atoms with Crippen LogP contribution in [-0.2, 0) is 23.8 Å². The Morgan fingerprint density at radius 3 is 2.18 bits per heavy atom. The fourth-order valence-corrected chi connectivity index (χ4v) is 1.19. The minimum atomic E-state index is -0.788. The fraction of sp³-hybridized carbons (Fsp3) is 0.846. The molecule has 0 saturated carbocycles. The van der Waals surface area contributed by atoms with Crippen molar-refractivity contribution >= 4 is 12.2 Å². The first-order valence-corrected chi connectivity index (χ1v) is 6.78. The van der Waals surface area contributed by atoms with Crippen LogP contribution in [-0.4, -0.2) is 57.6 Å². The molecule has 0 heterocycles. The zero-order chi connectivity index (χ0) is 17.2. The van der Waals surface area contributed by atoms with Crippen molar-refractivity contribution in [1.82, 2.24) is 10.8 Å². The zero-order valence-corrected chi connectivity index (χ0v) is 13.9. The second kappa shape index (κ2) is 10.2. The molecule has 1 unspecified atom stereocenters. The van der Waals surface area contributed by atoms with Crippen LogP contribution in [0.3, 0.4) is 0 Å². The van der Waals surface area contributed by atoms with E-state index in [0.29, 0.717) is 0 Å². The number of hydroxylamine groups is 1. The lowest BCUT2D eigenvalue weighted by molar-refractivity contribution is -0.152. The van der Waals surface area contributed by atoms with Gasteiger partial charge in [0.25, 0.3) is 0 Å². The van der Waals surface area contributed by atoms with Gasteiger partial charge in [0.05, 0.1) is 6.54 Å². The Morgan fingerprint density at radius 2 is 1.68 bits per heavy atom. The Bertz CT molecular complexity index is 340. The van der Waals surface area contributed by atoms with Gasteiger partial charge in [0, 0.05) is 14.2 Å². The number of hydrogen-bond acceptors (Lipinski definition) is 7. The van der Waals surface area contributed by atoms with Crippen molar-refractivity contribution in [3.63, 3.8) is 0 Å². The molecule has 0 aromatic heterocycles. The van der Waals surface area contributed by atoms with Crippen molar-refractivity contribution in [3.8, 4) is 0 Å². The Hall–Kier alpha value is -1.58. The summed E-state index contributed by atoms with van der Waals surface area (Å²) >= 11 is 0. The summed E-state index contributed by atoms with van der Waals surface area (Å²) in [5.74, 6) is 0. The first-order valence-electron chi connectivity index (χ1n) is 6.78. The molecule has 0 aliphatic carbocycles. The minimum absolute atomic E-state index is 0.00659. The molecule has 2 amide bonds. The zero-order valence-electron chi connectivity index (χ0n) is 13.9. The summed E-state index contributed by atoms with van der Waals surface area (Å²) in [6.45, 7) is 7.00. The molecule has 9 nitrogen and oxygen atoms in total. The topological polar surface area (TPSA) is 104 Å². The number of nitrogens with one attached hydrogen (secondary N) is 2. The second-order valence-electron chi connectivity index (χ2n) is 5.41. The third kappa shape index (κ3) is 11.1. The van der Waals surface area contributed by atoms with Gasteiger partial charge in [0.2, 0.25) is 0 Å². The van der Waals surface area contributed by atoms with Crippen LogP contribution in [0.2, 0.25) is 0 Å². The minimum Gasteiger partial charge on any atom is -0.444 e. The normalized spacial score (nSPS) is 12.7. The molecule has 9 heteroatoms. The van der Waals surface area contributed by atoms with E-state index in [2.05, 4.69) is 10.8 Å². The van der Waals surface area contributed by atoms with Gasteiger partial charge in [-0.2, -0.15) is 5.48 Å². The maximum absolute atomic E-state index is 11.4. The first kappa shape index (κ1) is 20.4. The summed E-state index contributed by atoms with van der Waals surface area (Å²) in [6, 6.07) is 0. The van der Waals surface area contributed by atoms with Crippen LogP contribution in [0.1, 0.15) is 27.7 Å². The highest BCUT2D eigenvalue weighted by Crippen LogP contribution is 2.06. The number of hydrogen-bond donors (Lipinski definition) is 2. The lowest BCUT2D eigenvalue weighted by atomic mass is 10.2. The Balaban J connectivity index is 3.84. The van der Waals surface area contributed by atoms with Gasteiger partial charge in [-0.3, -0.25) is 4.84 Å². The van der Waals surface area contributed by atoms with Crippen molar-refractivity contribution in [2.45, 2.75) is 45.7 Å². The van der Waals surface area contributed by atoms with Crippen LogP contribution in [0.5, 0.6) is 0 Å². The van der Waals surface area contributed by atoms with E-state index >= 15 is 0 Å². The molecule has 22 heavy (non-hydrogen) atoms. The smallest absolute Gasteiger partial charge is 0.431 e. The lowest BCUT2D eigenvalue weighted by Gasteiger charge is -2.21. The van der Waals surface area contributed by atoms with Crippen LogP contribution < -0.4 is 10.8 Å². The molecule has 0 bridgehead atoms. The van der Waals surface area contributed by atoms with Crippen molar-refractivity contribution < 1.29 is 33.4 Å². The van der Waals surface area contributed by atoms with Gasteiger partial charge in [0.1, 0.15) is 18.3 Å². The summed E-state index contributed by atoms with van der Waals surface area (Å²) in [5, 5.41) is 2.49. The molecular formula is C13H26N2O7. The molecule has 0 aliphatic rings. The molecule has 0 aliphatic heterocycles. The Morgan fingerprint density at radius 1 is 1.09 bits per heavy atom. The molecule has 1 atom stereocenters. The highest BCUT2D eigenvalue weighted by atomic mass is 16.7. The number of methoxy groups -OCH3 is 2. The van der Waals surface area contributed by atoms with Crippen LogP contribution in [0.15, 0.2) is 0 Å². The van der Waals surface area contributed by atoms with Crippen molar-refractivity contribution in [2.75, 3.05) is 27.4 Å². The standard InChI is InChI=1S/C13H26N2O7/c1-9(7-14-11(16)22-13(2,3)4)21-12(17)15-20-8-10(18-5)19-6/h9-10H,7-8H2,1-6H3,(H,14,16)(H,15,17). The molecular weight excluding hydrogens is 296 g/mol. The van der Waals surface area contributed by atoms with Gasteiger partial charge in [-0.05, 0) is 27.7 Å². The molecule has 0 rings (SSSR count). The molecule has 0 fully saturated rings. The highest BCUT2D eigenvalue weighted by Gasteiger charge is 2.17. The summed E-state index contributed by atoms with van der Waals surface area (Å²) in [4.78, 5) is 27.7. The van der Waals surface area contributed by atoms with E-state index in [0.717, 1.165) is 0 Å². The van der Waals surface area contributed by atoms with E-state index in [1.54, 1.807) is 27.7 Å². The predicted octanol–water partition coefficient (Wildman–Crippen LogP) is 1.18. The number of carbonyl (C=O) groups excluding carboxylic acids is 2. The van der Waals surface area contributed by atoms with Crippen molar-refractivity contribution in [3.05, 3.63) is 0 Å². The monoisotopic (exact) mass is 322 g/mol. The van der Waals surface area contributed by atoms with Crippen molar-refractivity contribution in [1.29, 1.82) is 0 Å². The van der Waals surface area contributed by atoms with E-state index < -0.39 is 30.2 Å². The van der Waals surface area contributed by atoms with E-state index in [1.807, 2.05) is 0 Å². The van der Waals surface area contributed by atoms with E-state index in [1.165, 1.54) is 14.2 Å². The summed E-state index contributed by atoms with van der Waals surface area (Å²) in [7, 11) is 2.89. The average Bonchev–Trinajstić information content (AvgIpc) is 2.39. The molecule has 0 aromatic carbocycles. The van der Waals surface area contributed by atoms with Crippen LogP contribution in [0.4, 0.5) is 9.59 Å². The molecule has 130 valence electrons. The maximum atomic E-state index is 11.4. The molecule has 0 aromatic rings. The van der Waals surface area contributed by atoms with Crippen LogP contribution in [0, 0.1) is 0 Å². The van der Waals surface area contributed by atoms with Crippen molar-refractivity contribution in [2.24, 2.45) is 0 Å². The second-order valence-corrected chi connectivity index (χ2v) is 5.41. The third-order valence-corrected chi connectivity index (χ3v) is 2.14. The fourth-order valence-electron chi connectivity index (χ4n) is 1.19. The number of alkyl carbamates (subject to hydrolysis) is 1. The van der Waals surface area contributed by atoms with Gasteiger partial charge >= 0.3 is 12.2 Å². The number of carbonyl (C=O) groups is 2. The van der Waals surface area contributed by atoms with Crippen LogP contribution >= 0.6 is 0 Å². The summed E-state index contributed by atoms with van der Waals surface area (Å²) < 4.78 is 19.7. The predicted molar refractivity (Wildman–Crippen MR) is 77.1 cm³/mol. The van der Waals surface area contributed by atoms with Gasteiger partial charge in [-0.25, -0.2) is 9.59 Å². The van der Waals surface area contributed by atoms with E-state index in [-0.39, 0.29) is 13.2 Å². The highest BCUT2D eigenvalue weighted by molar-refractivity contribution is 5.68. The average molecular weight is 322 g/mol. The number of rotatable bonds is 8. The maximum Gasteiger partial charge on any atom is 0.431 e. The van der Waals surface area contributed by atoms with E-state index in [4.69, 9.17) is 23.8 Å². The molecule has 0 saturated heterocycles. The SMILES string of the molecule is COC(CONC(=O)OC(C)CNC(=O)OC(C)(C)C)OC. The van der Waals surface area contributed by atoms with Gasteiger partial charge in [-0.15, -0.1) is 0 Å². The first-order chi connectivity index (χ1) is 10.2. The molecule has 0 spiro atoms. The van der Waals surface area contributed by atoms with Crippen LogP contribution in [0.25, 0.3) is 0 Å². The Kier molecular flexibility index (Phi) is 9.46. The lowest BCUT2D eigenvalue weighted by Crippen LogP contribution is -2.39.